The zero-order chi connectivity index (χ0) is 9.42. The van der Waals surface area contributed by atoms with E-state index < -0.39 is 6.09 Å². The minimum atomic E-state index is -0.841. The van der Waals surface area contributed by atoms with Gasteiger partial charge in [-0.05, 0) is 45.9 Å². The second-order valence-corrected chi connectivity index (χ2v) is 4.30. The lowest BCUT2D eigenvalue weighted by Gasteiger charge is -2.08. The molecule has 0 saturated heterocycles. The summed E-state index contributed by atoms with van der Waals surface area (Å²) >= 11 is 2.23. The summed E-state index contributed by atoms with van der Waals surface area (Å²) in [5.74, 6) is 0. The Labute approximate surface area is 89.5 Å². The molecule has 0 unspecified atom stereocenters. The molecule has 0 aromatic heterocycles. The van der Waals surface area contributed by atoms with Crippen molar-refractivity contribution in [2.45, 2.75) is 13.1 Å². The molecule has 0 spiro atoms. The number of halogens is 1. The van der Waals surface area contributed by atoms with E-state index in [0.717, 1.165) is 14.7 Å². The maximum Gasteiger partial charge on any atom is 0.407 e. The summed E-state index contributed by atoms with van der Waals surface area (Å²) in [4.78, 5) is 12.1. The second-order valence-electron chi connectivity index (χ2n) is 3.05. The number of amides is 1. The SMILES string of the molecule is O=C(O)N1Cc2ccc(I)cc2C1. The van der Waals surface area contributed by atoms with Gasteiger partial charge in [0.05, 0.1) is 0 Å². The third-order valence-electron chi connectivity index (χ3n) is 2.16. The molecule has 0 aliphatic carbocycles. The highest BCUT2D eigenvalue weighted by Gasteiger charge is 2.22. The Hall–Kier alpha value is -0.780. The fraction of sp³-hybridized carbons (Fsp3) is 0.222. The number of carboxylic acid groups (broad SMARTS) is 1. The van der Waals surface area contributed by atoms with Gasteiger partial charge < -0.3 is 5.11 Å². The topological polar surface area (TPSA) is 40.5 Å². The van der Waals surface area contributed by atoms with Gasteiger partial charge in [-0.3, -0.25) is 4.90 Å². The molecule has 1 aromatic carbocycles. The van der Waals surface area contributed by atoms with Gasteiger partial charge in [-0.15, -0.1) is 0 Å². The number of carbonyl (C=O) groups is 1. The monoisotopic (exact) mass is 289 g/mol. The maximum absolute atomic E-state index is 10.7. The van der Waals surface area contributed by atoms with Crippen LogP contribution in [0, 0.1) is 3.57 Å². The molecule has 1 aromatic rings. The van der Waals surface area contributed by atoms with Crippen molar-refractivity contribution in [3.63, 3.8) is 0 Å². The lowest BCUT2D eigenvalue weighted by molar-refractivity contribution is 0.145. The van der Waals surface area contributed by atoms with Crippen molar-refractivity contribution in [2.75, 3.05) is 0 Å². The van der Waals surface area contributed by atoms with E-state index in [4.69, 9.17) is 5.11 Å². The first-order valence-corrected chi connectivity index (χ1v) is 5.00. The molecule has 3 nitrogen and oxygen atoms in total. The van der Waals surface area contributed by atoms with Gasteiger partial charge in [-0.2, -0.15) is 0 Å². The van der Waals surface area contributed by atoms with E-state index in [1.807, 2.05) is 18.2 Å². The molecule has 0 saturated carbocycles. The lowest BCUT2D eigenvalue weighted by Crippen LogP contribution is -2.22. The summed E-state index contributed by atoms with van der Waals surface area (Å²) < 4.78 is 1.16. The summed E-state index contributed by atoms with van der Waals surface area (Å²) in [7, 11) is 0. The molecule has 0 radical (unpaired) electrons. The van der Waals surface area contributed by atoms with Crippen molar-refractivity contribution < 1.29 is 9.90 Å². The highest BCUT2D eigenvalue weighted by atomic mass is 127. The van der Waals surface area contributed by atoms with Crippen molar-refractivity contribution in [2.24, 2.45) is 0 Å². The molecule has 1 amide bonds. The lowest BCUT2D eigenvalue weighted by atomic mass is 10.1. The van der Waals surface area contributed by atoms with Gasteiger partial charge in [0.15, 0.2) is 0 Å². The number of nitrogens with zero attached hydrogens (tertiary/aromatic N) is 1. The van der Waals surface area contributed by atoms with Crippen molar-refractivity contribution in [3.05, 3.63) is 32.9 Å². The van der Waals surface area contributed by atoms with Gasteiger partial charge in [0, 0.05) is 16.7 Å². The molecule has 0 fully saturated rings. The van der Waals surface area contributed by atoms with E-state index in [1.165, 1.54) is 4.90 Å². The van der Waals surface area contributed by atoms with E-state index in [2.05, 4.69) is 22.6 Å². The Kier molecular flexibility index (Phi) is 2.15. The molecular formula is C9H8INO2. The molecule has 1 aliphatic heterocycles. The predicted octanol–water partition coefficient (Wildman–Crippen LogP) is 2.28. The molecule has 1 N–H and O–H groups in total. The van der Waals surface area contributed by atoms with Crippen LogP contribution in [-0.4, -0.2) is 16.1 Å². The molecule has 0 bridgehead atoms. The summed E-state index contributed by atoms with van der Waals surface area (Å²) in [6, 6.07) is 6.05. The fourth-order valence-corrected chi connectivity index (χ4v) is 2.05. The van der Waals surface area contributed by atoms with Crippen LogP contribution in [0.5, 0.6) is 0 Å². The molecule has 68 valence electrons. The van der Waals surface area contributed by atoms with Crippen molar-refractivity contribution in [3.8, 4) is 0 Å². The van der Waals surface area contributed by atoms with Crippen LogP contribution in [0.15, 0.2) is 18.2 Å². The van der Waals surface area contributed by atoms with Crippen LogP contribution in [0.2, 0.25) is 0 Å². The van der Waals surface area contributed by atoms with Crippen LogP contribution in [0.3, 0.4) is 0 Å². The van der Waals surface area contributed by atoms with Gasteiger partial charge >= 0.3 is 6.09 Å². The van der Waals surface area contributed by atoms with E-state index in [1.54, 1.807) is 0 Å². The number of hydrogen-bond donors (Lipinski definition) is 1. The Morgan fingerprint density at radius 1 is 1.38 bits per heavy atom. The zero-order valence-electron chi connectivity index (χ0n) is 6.83. The molecule has 1 aliphatic rings. The summed E-state index contributed by atoms with van der Waals surface area (Å²) in [5.41, 5.74) is 2.26. The van der Waals surface area contributed by atoms with Crippen molar-refractivity contribution in [1.82, 2.24) is 4.90 Å². The van der Waals surface area contributed by atoms with Gasteiger partial charge in [-0.25, -0.2) is 4.79 Å². The first-order chi connectivity index (χ1) is 6.16. The Morgan fingerprint density at radius 3 is 2.77 bits per heavy atom. The third-order valence-corrected chi connectivity index (χ3v) is 2.83. The summed E-state index contributed by atoms with van der Waals surface area (Å²) in [5, 5.41) is 8.78. The van der Waals surface area contributed by atoms with E-state index >= 15 is 0 Å². The van der Waals surface area contributed by atoms with Crippen molar-refractivity contribution >= 4 is 28.7 Å². The largest absolute Gasteiger partial charge is 0.465 e. The van der Waals surface area contributed by atoms with Crippen LogP contribution in [-0.2, 0) is 13.1 Å². The van der Waals surface area contributed by atoms with E-state index in [9.17, 15) is 4.79 Å². The summed E-state index contributed by atoms with van der Waals surface area (Å²) in [6.45, 7) is 1.06. The van der Waals surface area contributed by atoms with Crippen LogP contribution in [0.1, 0.15) is 11.1 Å². The molecule has 13 heavy (non-hydrogen) atoms. The Balaban J connectivity index is 2.30. The van der Waals surface area contributed by atoms with Gasteiger partial charge in [-0.1, -0.05) is 6.07 Å². The van der Waals surface area contributed by atoms with Crippen molar-refractivity contribution in [1.29, 1.82) is 0 Å². The number of fused-ring (bicyclic) bond motifs is 1. The van der Waals surface area contributed by atoms with E-state index in [-0.39, 0.29) is 0 Å². The first-order valence-electron chi connectivity index (χ1n) is 3.92. The third kappa shape index (κ3) is 1.63. The molecule has 0 atom stereocenters. The zero-order valence-corrected chi connectivity index (χ0v) is 8.98. The highest BCUT2D eigenvalue weighted by Crippen LogP contribution is 2.24. The van der Waals surface area contributed by atoms with Crippen LogP contribution in [0.4, 0.5) is 4.79 Å². The van der Waals surface area contributed by atoms with Gasteiger partial charge in [0.1, 0.15) is 0 Å². The Bertz CT molecular complexity index is 365. The number of benzene rings is 1. The molecular weight excluding hydrogens is 281 g/mol. The average Bonchev–Trinajstić information content (AvgIpc) is 2.46. The Morgan fingerprint density at radius 2 is 2.08 bits per heavy atom. The normalized spacial score (nSPS) is 14.4. The minimum absolute atomic E-state index is 0.529. The van der Waals surface area contributed by atoms with Crippen LogP contribution in [0.25, 0.3) is 0 Å². The molecule has 4 heteroatoms. The smallest absolute Gasteiger partial charge is 0.407 e. The first kappa shape index (κ1) is 8.80. The standard InChI is InChI=1S/C9H8INO2/c10-8-2-1-6-4-11(9(12)13)5-7(6)3-8/h1-3H,4-5H2,(H,12,13). The minimum Gasteiger partial charge on any atom is -0.465 e. The number of rotatable bonds is 0. The van der Waals surface area contributed by atoms with Gasteiger partial charge in [0.2, 0.25) is 0 Å². The predicted molar refractivity (Wildman–Crippen MR) is 56.4 cm³/mol. The average molecular weight is 289 g/mol. The van der Waals surface area contributed by atoms with Gasteiger partial charge in [0.25, 0.3) is 0 Å². The fourth-order valence-electron chi connectivity index (χ4n) is 1.50. The highest BCUT2D eigenvalue weighted by molar-refractivity contribution is 14.1. The van der Waals surface area contributed by atoms with Crippen LogP contribution < -0.4 is 0 Å². The second kappa shape index (κ2) is 3.17. The maximum atomic E-state index is 10.7. The quantitative estimate of drug-likeness (QED) is 0.744. The summed E-state index contributed by atoms with van der Waals surface area (Å²) in [6.07, 6.45) is -0.841. The molecule has 2 rings (SSSR count). The van der Waals surface area contributed by atoms with Crippen LogP contribution >= 0.6 is 22.6 Å². The molecule has 1 heterocycles. The number of hydrogen-bond acceptors (Lipinski definition) is 1. The van der Waals surface area contributed by atoms with E-state index in [0.29, 0.717) is 13.1 Å².